The first kappa shape index (κ1) is 15.2. The van der Waals surface area contributed by atoms with Crippen LogP contribution in [0.4, 0.5) is 0 Å². The first-order valence-corrected chi connectivity index (χ1v) is 6.44. The number of amides is 1. The fraction of sp³-hybridized carbons (Fsp3) is 0.125. The molecule has 0 bridgehead atoms. The molecule has 0 fully saturated rings. The number of benzene rings is 1. The third-order valence-corrected chi connectivity index (χ3v) is 2.92. The van der Waals surface area contributed by atoms with Crippen LogP contribution in [0.15, 0.2) is 46.6 Å². The van der Waals surface area contributed by atoms with Crippen LogP contribution in [-0.2, 0) is 11.3 Å². The number of nitrogens with zero attached hydrogens (tertiary/aromatic N) is 1. The zero-order chi connectivity index (χ0) is 15.9. The molecular weight excluding hydrogens is 284 g/mol. The number of carbonyl (C=O) groups is 1. The highest BCUT2D eigenvalue weighted by atomic mass is 16.5. The molecular formula is C16H14N2O4. The molecule has 0 unspecified atom stereocenters. The number of phenols is 1. The number of para-hydroxylation sites is 1. The molecule has 22 heavy (non-hydrogen) atoms. The third-order valence-electron chi connectivity index (χ3n) is 2.92. The predicted molar refractivity (Wildman–Crippen MR) is 78.8 cm³/mol. The molecule has 0 aliphatic heterocycles. The normalized spacial score (nSPS) is 10.8. The van der Waals surface area contributed by atoms with Crippen molar-refractivity contribution in [3.05, 3.63) is 53.5 Å². The van der Waals surface area contributed by atoms with Crippen LogP contribution in [0.1, 0.15) is 11.3 Å². The third kappa shape index (κ3) is 3.46. The van der Waals surface area contributed by atoms with E-state index in [0.717, 1.165) is 0 Å². The Morgan fingerprint density at radius 3 is 2.91 bits per heavy atom. The van der Waals surface area contributed by atoms with Crippen LogP contribution in [0.25, 0.3) is 6.08 Å². The zero-order valence-corrected chi connectivity index (χ0v) is 11.9. The van der Waals surface area contributed by atoms with Gasteiger partial charge in [-0.2, -0.15) is 5.26 Å². The highest BCUT2D eigenvalue weighted by Gasteiger charge is 2.12. The number of rotatable bonds is 5. The van der Waals surface area contributed by atoms with Gasteiger partial charge < -0.3 is 19.6 Å². The molecule has 1 aromatic heterocycles. The topological polar surface area (TPSA) is 95.5 Å². The van der Waals surface area contributed by atoms with E-state index in [1.54, 1.807) is 30.3 Å². The molecule has 112 valence electrons. The SMILES string of the molecule is COc1cccc(/C=C(\C#N)C(=O)NCc2ccco2)c1O. The van der Waals surface area contributed by atoms with Crippen molar-refractivity contribution in [1.29, 1.82) is 5.26 Å². The Bertz CT molecular complexity index is 727. The number of hydrogen-bond donors (Lipinski definition) is 2. The minimum absolute atomic E-state index is 0.128. The Hall–Kier alpha value is -3.20. The maximum absolute atomic E-state index is 12.0. The molecule has 6 heteroatoms. The Morgan fingerprint density at radius 1 is 1.45 bits per heavy atom. The highest BCUT2D eigenvalue weighted by molar-refractivity contribution is 6.02. The standard InChI is InChI=1S/C16H14N2O4/c1-21-14-6-2-4-11(15(14)19)8-12(9-17)16(20)18-10-13-5-3-7-22-13/h2-8,19H,10H2,1H3,(H,18,20)/b12-8+. The number of aromatic hydroxyl groups is 1. The van der Waals surface area contributed by atoms with Crippen LogP contribution in [-0.4, -0.2) is 18.1 Å². The first-order valence-electron chi connectivity index (χ1n) is 6.44. The number of methoxy groups -OCH3 is 1. The van der Waals surface area contributed by atoms with E-state index in [0.29, 0.717) is 11.3 Å². The summed E-state index contributed by atoms with van der Waals surface area (Å²) >= 11 is 0. The summed E-state index contributed by atoms with van der Waals surface area (Å²) in [6.45, 7) is 0.176. The summed E-state index contributed by atoms with van der Waals surface area (Å²) in [6, 6.07) is 10.0. The lowest BCUT2D eigenvalue weighted by Crippen LogP contribution is -2.23. The van der Waals surface area contributed by atoms with E-state index >= 15 is 0 Å². The number of ether oxygens (including phenoxy) is 1. The molecule has 0 radical (unpaired) electrons. The summed E-state index contributed by atoms with van der Waals surface area (Å²) in [5.41, 5.74) is 0.194. The Kier molecular flexibility index (Phi) is 4.83. The van der Waals surface area contributed by atoms with Crippen molar-refractivity contribution < 1.29 is 19.1 Å². The summed E-state index contributed by atoms with van der Waals surface area (Å²) in [5, 5.41) is 21.7. The second-order valence-corrected chi connectivity index (χ2v) is 4.33. The van der Waals surface area contributed by atoms with Crippen molar-refractivity contribution in [3.8, 4) is 17.6 Å². The maximum atomic E-state index is 12.0. The largest absolute Gasteiger partial charge is 0.504 e. The zero-order valence-electron chi connectivity index (χ0n) is 11.9. The van der Waals surface area contributed by atoms with Crippen molar-refractivity contribution >= 4 is 12.0 Å². The van der Waals surface area contributed by atoms with Crippen LogP contribution in [0.5, 0.6) is 11.5 Å². The van der Waals surface area contributed by atoms with E-state index in [9.17, 15) is 9.90 Å². The van der Waals surface area contributed by atoms with Crippen molar-refractivity contribution in [2.75, 3.05) is 7.11 Å². The van der Waals surface area contributed by atoms with Gasteiger partial charge in [-0.05, 0) is 24.3 Å². The second kappa shape index (κ2) is 6.99. The average molecular weight is 298 g/mol. The molecule has 0 spiro atoms. The lowest BCUT2D eigenvalue weighted by Gasteiger charge is -2.06. The van der Waals surface area contributed by atoms with Crippen LogP contribution in [0.2, 0.25) is 0 Å². The molecule has 0 saturated carbocycles. The van der Waals surface area contributed by atoms with Crippen LogP contribution >= 0.6 is 0 Å². The van der Waals surface area contributed by atoms with Crippen molar-refractivity contribution in [1.82, 2.24) is 5.32 Å². The molecule has 0 aliphatic carbocycles. The molecule has 0 atom stereocenters. The minimum atomic E-state index is -0.555. The monoisotopic (exact) mass is 298 g/mol. The van der Waals surface area contributed by atoms with Gasteiger partial charge in [-0.1, -0.05) is 12.1 Å². The van der Waals surface area contributed by atoms with Crippen molar-refractivity contribution in [2.24, 2.45) is 0 Å². The fourth-order valence-corrected chi connectivity index (χ4v) is 1.80. The van der Waals surface area contributed by atoms with Crippen LogP contribution < -0.4 is 10.1 Å². The van der Waals surface area contributed by atoms with E-state index in [1.807, 2.05) is 6.07 Å². The number of hydrogen-bond acceptors (Lipinski definition) is 5. The molecule has 2 N–H and O–H groups in total. The summed E-state index contributed by atoms with van der Waals surface area (Å²) in [5.74, 6) is 0.162. The molecule has 1 amide bonds. The second-order valence-electron chi connectivity index (χ2n) is 4.33. The van der Waals surface area contributed by atoms with Gasteiger partial charge in [-0.25, -0.2) is 0 Å². The molecule has 0 aliphatic rings. The van der Waals surface area contributed by atoms with Crippen LogP contribution in [0, 0.1) is 11.3 Å². The fourth-order valence-electron chi connectivity index (χ4n) is 1.80. The predicted octanol–water partition coefficient (Wildman–Crippen LogP) is 2.22. The van der Waals surface area contributed by atoms with Gasteiger partial charge >= 0.3 is 0 Å². The molecule has 2 rings (SSSR count). The van der Waals surface area contributed by atoms with Gasteiger partial charge in [-0.15, -0.1) is 0 Å². The number of nitriles is 1. The van der Waals surface area contributed by atoms with E-state index in [4.69, 9.17) is 14.4 Å². The molecule has 6 nitrogen and oxygen atoms in total. The van der Waals surface area contributed by atoms with E-state index < -0.39 is 5.91 Å². The quantitative estimate of drug-likeness (QED) is 0.652. The van der Waals surface area contributed by atoms with Gasteiger partial charge in [0.25, 0.3) is 5.91 Å². The Morgan fingerprint density at radius 2 is 2.27 bits per heavy atom. The van der Waals surface area contributed by atoms with Gasteiger partial charge in [0.15, 0.2) is 11.5 Å². The summed E-state index contributed by atoms with van der Waals surface area (Å²) in [4.78, 5) is 12.0. The van der Waals surface area contributed by atoms with Crippen molar-refractivity contribution in [2.45, 2.75) is 6.54 Å². The van der Waals surface area contributed by atoms with Gasteiger partial charge in [0, 0.05) is 5.56 Å². The lowest BCUT2D eigenvalue weighted by atomic mass is 10.1. The lowest BCUT2D eigenvalue weighted by molar-refractivity contribution is -0.117. The number of phenolic OH excluding ortho intramolecular Hbond substituents is 1. The van der Waals surface area contributed by atoms with E-state index in [-0.39, 0.29) is 23.6 Å². The van der Waals surface area contributed by atoms with E-state index in [2.05, 4.69) is 5.32 Å². The molecule has 2 aromatic rings. The number of furan rings is 1. The number of nitrogens with one attached hydrogen (secondary N) is 1. The van der Waals surface area contributed by atoms with E-state index in [1.165, 1.54) is 19.4 Å². The Balaban J connectivity index is 2.17. The molecule has 1 heterocycles. The smallest absolute Gasteiger partial charge is 0.262 e. The van der Waals surface area contributed by atoms with Gasteiger partial charge in [0.2, 0.25) is 0 Å². The first-order chi connectivity index (χ1) is 10.7. The minimum Gasteiger partial charge on any atom is -0.504 e. The average Bonchev–Trinajstić information content (AvgIpc) is 3.05. The summed E-state index contributed by atoms with van der Waals surface area (Å²) < 4.78 is 10.1. The highest BCUT2D eigenvalue weighted by Crippen LogP contribution is 2.30. The maximum Gasteiger partial charge on any atom is 0.262 e. The molecule has 1 aromatic carbocycles. The van der Waals surface area contributed by atoms with Crippen molar-refractivity contribution in [3.63, 3.8) is 0 Å². The van der Waals surface area contributed by atoms with Crippen LogP contribution in [0.3, 0.4) is 0 Å². The summed E-state index contributed by atoms with van der Waals surface area (Å²) in [7, 11) is 1.42. The number of carbonyl (C=O) groups excluding carboxylic acids is 1. The summed E-state index contributed by atoms with van der Waals surface area (Å²) in [6.07, 6.45) is 2.80. The Labute approximate surface area is 127 Å². The van der Waals surface area contributed by atoms with Gasteiger partial charge in [0.05, 0.1) is 19.9 Å². The molecule has 0 saturated heterocycles. The van der Waals surface area contributed by atoms with Gasteiger partial charge in [-0.3, -0.25) is 4.79 Å². The van der Waals surface area contributed by atoms with Gasteiger partial charge in [0.1, 0.15) is 17.4 Å².